The highest BCUT2D eigenvalue weighted by Gasteiger charge is 2.30. The van der Waals surface area contributed by atoms with Crippen LogP contribution in [0.3, 0.4) is 0 Å². The Kier molecular flexibility index (Phi) is 6.92. The van der Waals surface area contributed by atoms with E-state index in [0.717, 1.165) is 5.56 Å². The number of carbonyl (C=O) groups excluding carboxylic acids is 2. The Morgan fingerprint density at radius 3 is 2.21 bits per heavy atom. The van der Waals surface area contributed by atoms with E-state index in [1.165, 1.54) is 15.6 Å². The molecule has 1 aliphatic rings. The van der Waals surface area contributed by atoms with E-state index in [4.69, 9.17) is 0 Å². The first-order valence-corrected chi connectivity index (χ1v) is 13.0. The van der Waals surface area contributed by atoms with E-state index in [2.05, 4.69) is 10.6 Å². The van der Waals surface area contributed by atoms with Crippen LogP contribution in [-0.4, -0.2) is 43.7 Å². The zero-order valence-electron chi connectivity index (χ0n) is 18.2. The number of amides is 2. The molecule has 0 spiro atoms. The molecular weight excluding hydrogens is 458 g/mol. The van der Waals surface area contributed by atoms with Gasteiger partial charge in [-0.05, 0) is 67.6 Å². The molecule has 7 nitrogen and oxygen atoms in total. The van der Waals surface area contributed by atoms with Gasteiger partial charge in [0.1, 0.15) is 0 Å². The van der Waals surface area contributed by atoms with Crippen LogP contribution < -0.4 is 10.6 Å². The van der Waals surface area contributed by atoms with Crippen molar-refractivity contribution in [2.45, 2.75) is 30.7 Å². The maximum atomic E-state index is 12.8. The van der Waals surface area contributed by atoms with Crippen LogP contribution in [-0.2, 0) is 10.0 Å². The highest BCUT2D eigenvalue weighted by Crippen LogP contribution is 2.22. The molecule has 3 aromatic rings. The van der Waals surface area contributed by atoms with E-state index in [0.29, 0.717) is 47.0 Å². The van der Waals surface area contributed by atoms with Crippen molar-refractivity contribution in [3.8, 4) is 0 Å². The molecular formula is C24H25N3O4S2. The molecule has 2 N–H and O–H groups in total. The summed E-state index contributed by atoms with van der Waals surface area (Å²) in [6.45, 7) is 2.63. The number of rotatable bonds is 6. The predicted molar refractivity (Wildman–Crippen MR) is 129 cm³/mol. The van der Waals surface area contributed by atoms with E-state index < -0.39 is 10.0 Å². The lowest BCUT2D eigenvalue weighted by molar-refractivity contribution is 0.0923. The monoisotopic (exact) mass is 483 g/mol. The molecule has 0 saturated carbocycles. The third kappa shape index (κ3) is 5.50. The summed E-state index contributed by atoms with van der Waals surface area (Å²) in [6, 6.07) is 17.0. The molecule has 172 valence electrons. The summed E-state index contributed by atoms with van der Waals surface area (Å²) in [6.07, 6.45) is 1.09. The normalized spacial score (nSPS) is 15.2. The van der Waals surface area contributed by atoms with Gasteiger partial charge in [0.15, 0.2) is 0 Å². The molecule has 9 heteroatoms. The quantitative estimate of drug-likeness (QED) is 0.556. The summed E-state index contributed by atoms with van der Waals surface area (Å²) in [4.78, 5) is 25.7. The van der Waals surface area contributed by atoms with Crippen LogP contribution in [0, 0.1) is 6.92 Å². The molecule has 1 fully saturated rings. The van der Waals surface area contributed by atoms with E-state index in [1.54, 1.807) is 54.6 Å². The van der Waals surface area contributed by atoms with Gasteiger partial charge in [-0.3, -0.25) is 9.59 Å². The molecule has 4 rings (SSSR count). The third-order valence-corrected chi connectivity index (χ3v) is 8.38. The van der Waals surface area contributed by atoms with Crippen molar-refractivity contribution in [3.63, 3.8) is 0 Å². The van der Waals surface area contributed by atoms with Crippen molar-refractivity contribution >= 4 is 38.9 Å². The van der Waals surface area contributed by atoms with Crippen molar-refractivity contribution in [3.05, 3.63) is 82.0 Å². The lowest BCUT2D eigenvalue weighted by Crippen LogP contribution is -2.46. The van der Waals surface area contributed by atoms with Crippen LogP contribution in [0.2, 0.25) is 0 Å². The summed E-state index contributed by atoms with van der Waals surface area (Å²) >= 11 is 1.36. The van der Waals surface area contributed by atoms with Gasteiger partial charge in [0, 0.05) is 30.4 Å². The molecule has 0 bridgehead atoms. The van der Waals surface area contributed by atoms with Gasteiger partial charge in [0.25, 0.3) is 11.8 Å². The number of carbonyl (C=O) groups is 2. The summed E-state index contributed by atoms with van der Waals surface area (Å²) in [5.41, 5.74) is 2.10. The molecule has 33 heavy (non-hydrogen) atoms. The fourth-order valence-electron chi connectivity index (χ4n) is 3.67. The topological polar surface area (TPSA) is 95.6 Å². The SMILES string of the molecule is Cc1ccc(S(=O)(=O)N2CCC(NC(=O)c3ccc(NC(=O)c4cccs4)cc3)CC2)cc1. The molecule has 0 unspecified atom stereocenters. The van der Waals surface area contributed by atoms with Crippen LogP contribution in [0.1, 0.15) is 38.4 Å². The van der Waals surface area contributed by atoms with Crippen molar-refractivity contribution in [1.29, 1.82) is 0 Å². The molecule has 0 radical (unpaired) electrons. The summed E-state index contributed by atoms with van der Waals surface area (Å²) in [5.74, 6) is -0.402. The number of thiophene rings is 1. The van der Waals surface area contributed by atoms with Crippen molar-refractivity contribution < 1.29 is 18.0 Å². The van der Waals surface area contributed by atoms with Gasteiger partial charge in [0.05, 0.1) is 9.77 Å². The standard InChI is InChI=1S/C24H25N3O4S2/c1-17-4-10-21(11-5-17)33(30,31)27-14-12-20(13-15-27)25-23(28)18-6-8-19(9-7-18)26-24(29)22-3-2-16-32-22/h2-11,16,20H,12-15H2,1H3,(H,25,28)(H,26,29). The largest absolute Gasteiger partial charge is 0.349 e. The van der Waals surface area contributed by atoms with Gasteiger partial charge in [-0.1, -0.05) is 23.8 Å². The van der Waals surface area contributed by atoms with Crippen molar-refractivity contribution in [2.75, 3.05) is 18.4 Å². The number of benzene rings is 2. The maximum absolute atomic E-state index is 12.8. The van der Waals surface area contributed by atoms with Gasteiger partial charge >= 0.3 is 0 Å². The number of piperidine rings is 1. The minimum atomic E-state index is -3.53. The number of hydrogen-bond acceptors (Lipinski definition) is 5. The first-order chi connectivity index (χ1) is 15.8. The molecule has 0 atom stereocenters. The number of nitrogens with zero attached hydrogens (tertiary/aromatic N) is 1. The number of nitrogens with one attached hydrogen (secondary N) is 2. The average Bonchev–Trinajstić information content (AvgIpc) is 3.35. The van der Waals surface area contributed by atoms with E-state index in [1.807, 2.05) is 18.4 Å². The fraction of sp³-hybridized carbons (Fsp3) is 0.250. The van der Waals surface area contributed by atoms with Crippen LogP contribution in [0.5, 0.6) is 0 Å². The lowest BCUT2D eigenvalue weighted by atomic mass is 10.1. The van der Waals surface area contributed by atoms with Gasteiger partial charge in [-0.2, -0.15) is 4.31 Å². The number of aryl methyl sites for hydroxylation is 1. The van der Waals surface area contributed by atoms with Gasteiger partial charge in [-0.25, -0.2) is 8.42 Å². The number of hydrogen-bond donors (Lipinski definition) is 2. The summed E-state index contributed by atoms with van der Waals surface area (Å²) in [5, 5.41) is 7.63. The zero-order valence-corrected chi connectivity index (χ0v) is 19.8. The molecule has 2 heterocycles. The summed E-state index contributed by atoms with van der Waals surface area (Å²) in [7, 11) is -3.53. The van der Waals surface area contributed by atoms with E-state index in [-0.39, 0.29) is 17.9 Å². The second-order valence-electron chi connectivity index (χ2n) is 7.97. The minimum Gasteiger partial charge on any atom is -0.349 e. The minimum absolute atomic E-state index is 0.0971. The third-order valence-electron chi connectivity index (χ3n) is 5.60. The van der Waals surface area contributed by atoms with Crippen LogP contribution >= 0.6 is 11.3 Å². The highest BCUT2D eigenvalue weighted by molar-refractivity contribution is 7.89. The Labute approximate surface area is 197 Å². The second-order valence-corrected chi connectivity index (χ2v) is 10.9. The smallest absolute Gasteiger partial charge is 0.265 e. The van der Waals surface area contributed by atoms with E-state index in [9.17, 15) is 18.0 Å². The molecule has 1 saturated heterocycles. The fourth-order valence-corrected chi connectivity index (χ4v) is 5.76. The molecule has 1 aliphatic heterocycles. The number of sulfonamides is 1. The summed E-state index contributed by atoms with van der Waals surface area (Å²) < 4.78 is 27.2. The Morgan fingerprint density at radius 2 is 1.61 bits per heavy atom. The van der Waals surface area contributed by atoms with Gasteiger partial charge < -0.3 is 10.6 Å². The first-order valence-electron chi connectivity index (χ1n) is 10.7. The molecule has 2 aromatic carbocycles. The molecule has 2 amide bonds. The van der Waals surface area contributed by atoms with Gasteiger partial charge in [-0.15, -0.1) is 11.3 Å². The Bertz CT molecular complexity index is 1210. The lowest BCUT2D eigenvalue weighted by Gasteiger charge is -2.31. The van der Waals surface area contributed by atoms with Gasteiger partial charge in [0.2, 0.25) is 10.0 Å². The van der Waals surface area contributed by atoms with Crippen molar-refractivity contribution in [1.82, 2.24) is 9.62 Å². The van der Waals surface area contributed by atoms with Crippen LogP contribution in [0.15, 0.2) is 70.9 Å². The average molecular weight is 484 g/mol. The molecule has 0 aliphatic carbocycles. The van der Waals surface area contributed by atoms with Crippen LogP contribution in [0.25, 0.3) is 0 Å². The first kappa shape index (κ1) is 23.2. The molecule has 1 aromatic heterocycles. The Morgan fingerprint density at radius 1 is 0.939 bits per heavy atom. The predicted octanol–water partition coefficient (Wildman–Crippen LogP) is 3.89. The number of anilines is 1. The Hall–Kier alpha value is -3.01. The van der Waals surface area contributed by atoms with Crippen molar-refractivity contribution in [2.24, 2.45) is 0 Å². The Balaban J connectivity index is 1.30. The maximum Gasteiger partial charge on any atom is 0.265 e. The van der Waals surface area contributed by atoms with E-state index >= 15 is 0 Å². The highest BCUT2D eigenvalue weighted by atomic mass is 32.2. The zero-order chi connectivity index (χ0) is 23.4. The van der Waals surface area contributed by atoms with Crippen LogP contribution in [0.4, 0.5) is 5.69 Å². The second kappa shape index (κ2) is 9.86.